The van der Waals surface area contributed by atoms with E-state index in [2.05, 4.69) is 35.2 Å². The predicted octanol–water partition coefficient (Wildman–Crippen LogP) is -3.15. The summed E-state index contributed by atoms with van der Waals surface area (Å²) in [6.45, 7) is 4.38. The molecule has 1 aromatic rings. The van der Waals surface area contributed by atoms with Gasteiger partial charge in [0.25, 0.3) is 0 Å². The predicted molar refractivity (Wildman–Crippen MR) is 47.1 cm³/mol. The summed E-state index contributed by atoms with van der Waals surface area (Å²) in [7, 11) is 4.20. The molecule has 0 nitrogen and oxygen atoms in total. The van der Waals surface area contributed by atoms with Crippen LogP contribution in [0, 0.1) is 0 Å². The molecule has 3 heteroatoms. The molecule has 0 heterocycles. The first-order chi connectivity index (χ1) is 4.70. The number of hydrogen-bond donors (Lipinski definition) is 0. The van der Waals surface area contributed by atoms with Crippen LogP contribution in [0.3, 0.4) is 0 Å². The van der Waals surface area contributed by atoms with Gasteiger partial charge in [-0.25, -0.2) is 0 Å². The van der Waals surface area contributed by atoms with Crippen LogP contribution in [0.25, 0.3) is 0 Å². The molecule has 0 spiro atoms. The quantitative estimate of drug-likeness (QED) is 0.304. The van der Waals surface area contributed by atoms with E-state index in [-0.39, 0.29) is 37.7 Å². The van der Waals surface area contributed by atoms with E-state index in [4.69, 9.17) is 0 Å². The molecule has 0 radical (unpaired) electrons. The second-order valence-corrected chi connectivity index (χ2v) is 3.26. The summed E-state index contributed by atoms with van der Waals surface area (Å²) in [4.78, 5) is 0. The van der Waals surface area contributed by atoms with E-state index in [9.17, 15) is 0 Å². The van der Waals surface area contributed by atoms with Gasteiger partial charge in [-0.3, -0.25) is 0 Å². The molecular weight excluding hydrogens is 153 g/mol. The molecule has 0 saturated carbocycles. The first-order valence-corrected chi connectivity index (χ1v) is 3.94. The summed E-state index contributed by atoms with van der Waals surface area (Å²) in [6, 6.07) is 8.29. The molecule has 12 heavy (non-hydrogen) atoms. The molecule has 0 N–H and O–H groups in total. The van der Waals surface area contributed by atoms with Gasteiger partial charge in [0.1, 0.15) is 0 Å². The van der Waals surface area contributed by atoms with E-state index < -0.39 is 0 Å². The second kappa shape index (κ2) is 7.27. The summed E-state index contributed by atoms with van der Waals surface area (Å²) in [5.74, 6) is 0.619. The maximum absolute atomic E-state index is 4.20. The van der Waals surface area contributed by atoms with Gasteiger partial charge in [-0.1, -0.05) is 26.0 Å². The minimum absolute atomic E-state index is 0. The Bertz CT molecular complexity index is 206. The summed E-state index contributed by atoms with van der Waals surface area (Å²) < 4.78 is 0. The molecular formula is C9H11Li2P. The Morgan fingerprint density at radius 1 is 1.00 bits per heavy atom. The third kappa shape index (κ3) is 4.77. The third-order valence-corrected chi connectivity index (χ3v) is 1.86. The summed E-state index contributed by atoms with van der Waals surface area (Å²) in [6.07, 6.45) is 0. The van der Waals surface area contributed by atoms with Crippen molar-refractivity contribution < 1.29 is 37.7 Å². The normalized spacial score (nSPS) is 8.67. The zero-order valence-corrected chi connectivity index (χ0v) is 9.23. The molecule has 0 aliphatic carbocycles. The van der Waals surface area contributed by atoms with E-state index in [0.29, 0.717) is 5.92 Å². The Balaban J connectivity index is 0. The van der Waals surface area contributed by atoms with Crippen molar-refractivity contribution in [3.63, 3.8) is 0 Å². The van der Waals surface area contributed by atoms with Gasteiger partial charge in [-0.15, -0.1) is 12.1 Å². The molecule has 0 saturated heterocycles. The van der Waals surface area contributed by atoms with Gasteiger partial charge in [0.15, 0.2) is 0 Å². The molecule has 1 aromatic carbocycles. The van der Waals surface area contributed by atoms with Crippen LogP contribution >= 0.6 is 9.24 Å². The standard InChI is InChI=1S/C9H11P.2Li/c1-7(2)8-3-5-9(10)6-4-8;;/h3-7H,1-2H3;;/q-2;2*+1. The average Bonchev–Trinajstić information content (AvgIpc) is 1.88. The van der Waals surface area contributed by atoms with Gasteiger partial charge >= 0.3 is 37.7 Å². The molecule has 0 fully saturated rings. The molecule has 0 unspecified atom stereocenters. The van der Waals surface area contributed by atoms with E-state index in [1.54, 1.807) is 0 Å². The van der Waals surface area contributed by atoms with Crippen LogP contribution < -0.4 is 43.0 Å². The van der Waals surface area contributed by atoms with Crippen molar-refractivity contribution in [2.75, 3.05) is 0 Å². The summed E-state index contributed by atoms with van der Waals surface area (Å²) in [5, 5.41) is 1.03. The molecule has 0 aliphatic heterocycles. The zero-order chi connectivity index (χ0) is 7.56. The van der Waals surface area contributed by atoms with Crippen LogP contribution in [0.15, 0.2) is 24.3 Å². The fourth-order valence-corrected chi connectivity index (χ4v) is 1.01. The summed E-state index contributed by atoms with van der Waals surface area (Å²) >= 11 is 0. The van der Waals surface area contributed by atoms with Crippen LogP contribution in [0.1, 0.15) is 25.3 Å². The topological polar surface area (TPSA) is 0 Å². The molecule has 0 amide bonds. The van der Waals surface area contributed by atoms with Crippen molar-refractivity contribution in [3.05, 3.63) is 29.8 Å². The Labute approximate surface area is 101 Å². The minimum atomic E-state index is 0. The van der Waals surface area contributed by atoms with Crippen molar-refractivity contribution in [2.24, 2.45) is 0 Å². The maximum atomic E-state index is 4.20. The monoisotopic (exact) mass is 164 g/mol. The van der Waals surface area contributed by atoms with E-state index in [1.165, 1.54) is 5.56 Å². The summed E-state index contributed by atoms with van der Waals surface area (Å²) in [5.41, 5.74) is 1.37. The molecule has 0 atom stereocenters. The number of rotatable bonds is 1. The van der Waals surface area contributed by atoms with Gasteiger partial charge in [0, 0.05) is 0 Å². The van der Waals surface area contributed by atoms with Gasteiger partial charge in [-0.05, 0) is 11.5 Å². The van der Waals surface area contributed by atoms with Crippen molar-refractivity contribution in [1.82, 2.24) is 0 Å². The van der Waals surface area contributed by atoms with Crippen molar-refractivity contribution >= 4 is 14.5 Å². The van der Waals surface area contributed by atoms with E-state index in [1.807, 2.05) is 12.1 Å². The molecule has 0 aliphatic rings. The van der Waals surface area contributed by atoms with E-state index >= 15 is 0 Å². The van der Waals surface area contributed by atoms with Crippen LogP contribution in [0.2, 0.25) is 0 Å². The zero-order valence-electron chi connectivity index (χ0n) is 8.33. The average molecular weight is 164 g/mol. The number of hydrogen-bond acceptors (Lipinski definition) is 0. The molecule has 1 rings (SSSR count). The third-order valence-electron chi connectivity index (χ3n) is 1.56. The van der Waals surface area contributed by atoms with Gasteiger partial charge in [-0.2, -0.15) is 0 Å². The van der Waals surface area contributed by atoms with Gasteiger partial charge < -0.3 is 14.5 Å². The van der Waals surface area contributed by atoms with Gasteiger partial charge in [0.05, 0.1) is 0 Å². The number of benzene rings is 1. The maximum Gasteiger partial charge on any atom is 1.00 e. The minimum Gasteiger partial charge on any atom is -1.45 e. The van der Waals surface area contributed by atoms with Crippen molar-refractivity contribution in [3.8, 4) is 0 Å². The first kappa shape index (κ1) is 15.3. The molecule has 0 bridgehead atoms. The van der Waals surface area contributed by atoms with Crippen LogP contribution in [-0.2, 0) is 0 Å². The van der Waals surface area contributed by atoms with Crippen molar-refractivity contribution in [2.45, 2.75) is 19.8 Å². The van der Waals surface area contributed by atoms with Crippen LogP contribution in [-0.4, -0.2) is 0 Å². The molecule has 0 aromatic heterocycles. The largest absolute Gasteiger partial charge is 1.45 e. The Morgan fingerprint density at radius 3 is 1.75 bits per heavy atom. The SMILES string of the molecule is CC(C)c1ccc([P-2])cc1.[Li+].[Li+]. The first-order valence-electron chi connectivity index (χ1n) is 3.49. The second-order valence-electron chi connectivity index (χ2n) is 2.75. The fourth-order valence-electron chi connectivity index (χ4n) is 0.859. The fraction of sp³-hybridized carbons (Fsp3) is 0.333. The van der Waals surface area contributed by atoms with Crippen LogP contribution in [0.5, 0.6) is 0 Å². The Kier molecular flexibility index (Phi) is 9.28. The van der Waals surface area contributed by atoms with Crippen molar-refractivity contribution in [1.29, 1.82) is 0 Å². The van der Waals surface area contributed by atoms with E-state index in [0.717, 1.165) is 5.30 Å². The molecule has 54 valence electrons. The van der Waals surface area contributed by atoms with Gasteiger partial charge in [0.2, 0.25) is 0 Å². The Hall–Kier alpha value is 0.845. The smallest absolute Gasteiger partial charge is 1.00 e. The Morgan fingerprint density at radius 2 is 1.42 bits per heavy atom. The van der Waals surface area contributed by atoms with Crippen LogP contribution in [0.4, 0.5) is 0 Å².